The molecule has 4 N–H and O–H groups in total. The van der Waals surface area contributed by atoms with E-state index in [-0.39, 0.29) is 17.0 Å². The summed E-state index contributed by atoms with van der Waals surface area (Å²) in [6.45, 7) is 0. The van der Waals surface area contributed by atoms with Gasteiger partial charge in [-0.2, -0.15) is 15.4 Å². The molecule has 92 valence electrons. The van der Waals surface area contributed by atoms with Gasteiger partial charge in [0.05, 0.1) is 10.5 Å². The molecule has 0 radical (unpaired) electrons. The maximum absolute atomic E-state index is 11.1. The highest BCUT2D eigenvalue weighted by atomic mass is 16.6. The number of nitrogens with two attached hydrogens (primary N) is 1. The van der Waals surface area contributed by atoms with Crippen LogP contribution in [-0.4, -0.2) is 31.3 Å². The number of primary amides is 1. The molecule has 0 spiro atoms. The average molecular weight is 249 g/mol. The van der Waals surface area contributed by atoms with Crippen molar-refractivity contribution in [3.63, 3.8) is 0 Å². The van der Waals surface area contributed by atoms with Crippen LogP contribution in [-0.2, 0) is 0 Å². The summed E-state index contributed by atoms with van der Waals surface area (Å²) in [5.74, 6) is -1.46. The van der Waals surface area contributed by atoms with Crippen LogP contribution in [0, 0.1) is 10.1 Å². The first-order valence-electron chi connectivity index (χ1n) is 4.69. The van der Waals surface area contributed by atoms with Crippen molar-refractivity contribution in [2.24, 2.45) is 5.73 Å². The first kappa shape index (κ1) is 11.5. The van der Waals surface area contributed by atoms with Gasteiger partial charge in [0.2, 0.25) is 5.75 Å². The van der Waals surface area contributed by atoms with E-state index in [4.69, 9.17) is 5.73 Å². The fourth-order valence-electron chi connectivity index (χ4n) is 1.46. The number of rotatable bonds is 3. The monoisotopic (exact) mass is 249 g/mol. The number of phenolic OH excluding ortho intramolecular Hbond substituents is 1. The summed E-state index contributed by atoms with van der Waals surface area (Å²) in [6, 6.07) is 3.85. The highest BCUT2D eigenvalue weighted by Crippen LogP contribution is 2.36. The molecule has 9 nitrogen and oxygen atoms in total. The van der Waals surface area contributed by atoms with E-state index < -0.39 is 22.3 Å². The van der Waals surface area contributed by atoms with Gasteiger partial charge in [-0.15, -0.1) is 0 Å². The van der Waals surface area contributed by atoms with Crippen LogP contribution in [0.15, 0.2) is 18.2 Å². The van der Waals surface area contributed by atoms with Gasteiger partial charge in [-0.1, -0.05) is 6.07 Å². The van der Waals surface area contributed by atoms with Crippen LogP contribution in [0.3, 0.4) is 0 Å². The lowest BCUT2D eigenvalue weighted by Gasteiger charge is -2.02. The minimum atomic E-state index is -0.857. The lowest BCUT2D eigenvalue weighted by Crippen LogP contribution is -2.12. The van der Waals surface area contributed by atoms with Crippen molar-refractivity contribution in [1.82, 2.24) is 15.4 Å². The van der Waals surface area contributed by atoms with Crippen LogP contribution in [0.2, 0.25) is 0 Å². The Morgan fingerprint density at radius 2 is 2.17 bits per heavy atom. The molecule has 18 heavy (non-hydrogen) atoms. The summed E-state index contributed by atoms with van der Waals surface area (Å²) in [4.78, 5) is 21.0. The van der Waals surface area contributed by atoms with Crippen LogP contribution in [0.4, 0.5) is 5.69 Å². The highest BCUT2D eigenvalue weighted by Gasteiger charge is 2.23. The molecule has 2 rings (SSSR count). The third-order valence-corrected chi connectivity index (χ3v) is 2.25. The Hall–Kier alpha value is -2.97. The van der Waals surface area contributed by atoms with E-state index in [0.29, 0.717) is 0 Å². The Bertz CT molecular complexity index is 636. The van der Waals surface area contributed by atoms with Gasteiger partial charge in [0.25, 0.3) is 5.91 Å². The molecule has 0 saturated heterocycles. The molecule has 1 aromatic heterocycles. The van der Waals surface area contributed by atoms with Gasteiger partial charge in [-0.05, 0) is 6.07 Å². The van der Waals surface area contributed by atoms with E-state index in [9.17, 15) is 20.0 Å². The number of nitro groups is 1. The lowest BCUT2D eigenvalue weighted by atomic mass is 10.1. The lowest BCUT2D eigenvalue weighted by molar-refractivity contribution is -0.385. The van der Waals surface area contributed by atoms with Crippen molar-refractivity contribution in [2.75, 3.05) is 0 Å². The Morgan fingerprint density at radius 1 is 1.44 bits per heavy atom. The van der Waals surface area contributed by atoms with E-state index in [1.807, 2.05) is 0 Å². The number of hydrogen-bond donors (Lipinski definition) is 3. The first-order valence-corrected chi connectivity index (χ1v) is 4.69. The van der Waals surface area contributed by atoms with Gasteiger partial charge in [0.1, 0.15) is 5.69 Å². The number of aromatic nitrogens is 3. The fraction of sp³-hybridized carbons (Fsp3) is 0. The molecule has 1 amide bonds. The number of aromatic hydroxyl groups is 1. The van der Waals surface area contributed by atoms with E-state index in [1.54, 1.807) is 0 Å². The quantitative estimate of drug-likeness (QED) is 0.522. The molecule has 0 aliphatic carbocycles. The molecule has 0 aliphatic rings. The predicted octanol–water partition coefficient (Wildman–Crippen LogP) is 0.184. The molecule has 0 saturated carbocycles. The summed E-state index contributed by atoms with van der Waals surface area (Å²) < 4.78 is 0. The molecule has 2 aromatic rings. The van der Waals surface area contributed by atoms with E-state index in [1.165, 1.54) is 12.1 Å². The molecule has 0 aliphatic heterocycles. The van der Waals surface area contributed by atoms with Gasteiger partial charge < -0.3 is 10.8 Å². The van der Waals surface area contributed by atoms with Gasteiger partial charge in [-0.25, -0.2) is 0 Å². The number of phenols is 1. The van der Waals surface area contributed by atoms with Crippen molar-refractivity contribution in [1.29, 1.82) is 0 Å². The number of amides is 1. The third-order valence-electron chi connectivity index (χ3n) is 2.25. The molecular weight excluding hydrogens is 242 g/mol. The molecule has 1 heterocycles. The smallest absolute Gasteiger partial charge is 0.311 e. The van der Waals surface area contributed by atoms with Crippen LogP contribution < -0.4 is 5.73 Å². The van der Waals surface area contributed by atoms with Crippen molar-refractivity contribution < 1.29 is 14.8 Å². The van der Waals surface area contributed by atoms with Crippen molar-refractivity contribution in [3.8, 4) is 17.0 Å². The van der Waals surface area contributed by atoms with Crippen LogP contribution in [0.5, 0.6) is 5.75 Å². The van der Waals surface area contributed by atoms with E-state index in [0.717, 1.165) is 6.07 Å². The zero-order chi connectivity index (χ0) is 13.3. The second-order valence-electron chi connectivity index (χ2n) is 3.32. The zero-order valence-electron chi connectivity index (χ0n) is 8.82. The predicted molar refractivity (Wildman–Crippen MR) is 58.7 cm³/mol. The number of nitrogens with zero attached hydrogens (tertiary/aromatic N) is 3. The topological polar surface area (TPSA) is 148 Å². The molecule has 0 fully saturated rings. The number of benzene rings is 1. The summed E-state index contributed by atoms with van der Waals surface area (Å²) in [6.07, 6.45) is 0. The zero-order valence-corrected chi connectivity index (χ0v) is 8.82. The van der Waals surface area contributed by atoms with E-state index >= 15 is 0 Å². The van der Waals surface area contributed by atoms with Crippen molar-refractivity contribution in [2.45, 2.75) is 0 Å². The number of carbonyl (C=O) groups excluding carboxylic acids is 1. The minimum Gasteiger partial charge on any atom is -0.502 e. The molecule has 9 heteroatoms. The Balaban J connectivity index is 2.65. The summed E-state index contributed by atoms with van der Waals surface area (Å²) in [7, 11) is 0. The minimum absolute atomic E-state index is 0.00625. The maximum Gasteiger partial charge on any atom is 0.311 e. The van der Waals surface area contributed by atoms with Gasteiger partial charge >= 0.3 is 5.69 Å². The normalized spacial score (nSPS) is 10.2. The number of H-pyrrole nitrogens is 1. The van der Waals surface area contributed by atoms with Crippen molar-refractivity contribution in [3.05, 3.63) is 34.0 Å². The van der Waals surface area contributed by atoms with E-state index in [2.05, 4.69) is 15.4 Å². The SMILES string of the molecule is NC(=O)c1n[nH]nc1-c1cccc([N+](=O)[O-])c1O. The molecule has 0 unspecified atom stereocenters. The highest BCUT2D eigenvalue weighted by molar-refractivity contribution is 5.97. The summed E-state index contributed by atoms with van der Waals surface area (Å²) in [5, 5.41) is 29.8. The number of nitrogens with one attached hydrogen (secondary N) is 1. The van der Waals surface area contributed by atoms with Crippen LogP contribution in [0.25, 0.3) is 11.3 Å². The number of carbonyl (C=O) groups is 1. The largest absolute Gasteiger partial charge is 0.502 e. The number of nitro benzene ring substituents is 1. The standard InChI is InChI=1S/C9H7N5O4/c10-9(16)7-6(11-13-12-7)4-2-1-3-5(8(4)15)14(17)18/h1-3,15H,(H2,10,16)(H,11,12,13). The van der Waals surface area contributed by atoms with Crippen LogP contribution in [0.1, 0.15) is 10.5 Å². The summed E-state index contributed by atoms with van der Waals surface area (Å²) in [5.41, 5.74) is 4.34. The Kier molecular flexibility index (Phi) is 2.64. The summed E-state index contributed by atoms with van der Waals surface area (Å²) >= 11 is 0. The Morgan fingerprint density at radius 3 is 2.78 bits per heavy atom. The Labute approximate surface area is 99.4 Å². The first-order chi connectivity index (χ1) is 8.52. The van der Waals surface area contributed by atoms with Gasteiger partial charge in [-0.3, -0.25) is 14.9 Å². The van der Waals surface area contributed by atoms with Gasteiger partial charge in [0.15, 0.2) is 5.69 Å². The fourth-order valence-corrected chi connectivity index (χ4v) is 1.46. The second-order valence-corrected chi connectivity index (χ2v) is 3.32. The molecule has 1 aromatic carbocycles. The second kappa shape index (κ2) is 4.13. The average Bonchev–Trinajstić information content (AvgIpc) is 2.77. The number of aromatic amines is 1. The van der Waals surface area contributed by atoms with Crippen molar-refractivity contribution >= 4 is 11.6 Å². The maximum atomic E-state index is 11.1. The molecule has 0 bridgehead atoms. The number of hydrogen-bond acceptors (Lipinski definition) is 6. The third kappa shape index (κ3) is 1.73. The number of para-hydroxylation sites is 1. The van der Waals surface area contributed by atoms with Gasteiger partial charge in [0, 0.05) is 6.07 Å². The molecular formula is C9H7N5O4. The molecule has 0 atom stereocenters. The van der Waals surface area contributed by atoms with Crippen LogP contribution >= 0.6 is 0 Å².